The van der Waals surface area contributed by atoms with Crippen molar-refractivity contribution in [2.75, 3.05) is 7.11 Å². The van der Waals surface area contributed by atoms with Gasteiger partial charge in [0.25, 0.3) is 0 Å². The summed E-state index contributed by atoms with van der Waals surface area (Å²) in [5, 5.41) is 5.16. The van der Waals surface area contributed by atoms with Crippen molar-refractivity contribution in [3.8, 4) is 17.1 Å². The molecule has 1 aliphatic carbocycles. The third kappa shape index (κ3) is 3.48. The van der Waals surface area contributed by atoms with Crippen molar-refractivity contribution in [1.29, 1.82) is 0 Å². The number of primary sulfonamides is 1. The van der Waals surface area contributed by atoms with Gasteiger partial charge in [0, 0.05) is 18.9 Å². The van der Waals surface area contributed by atoms with Crippen molar-refractivity contribution in [1.82, 2.24) is 9.55 Å². The van der Waals surface area contributed by atoms with Crippen LogP contribution in [0.2, 0.25) is 0 Å². The van der Waals surface area contributed by atoms with Crippen LogP contribution in [-0.4, -0.2) is 25.1 Å². The van der Waals surface area contributed by atoms with Gasteiger partial charge in [0.15, 0.2) is 0 Å². The Kier molecular flexibility index (Phi) is 4.49. The molecule has 0 aliphatic heterocycles. The fourth-order valence-electron chi connectivity index (χ4n) is 3.61. The standard InChI is InChI=1S/C20H21N3O3S/c1-26-19-12-16-4-2-3-15(16)11-18(19)20-22-9-10-23(20)13-14-5-7-17(8-6-14)27(21,24)25/h5-12H,2-4,13H2,1H3,(H2,21,24,25). The Hall–Kier alpha value is -2.64. The molecule has 0 bridgehead atoms. The molecule has 1 aromatic heterocycles. The second-order valence-corrected chi connectivity index (χ2v) is 8.30. The summed E-state index contributed by atoms with van der Waals surface area (Å²) in [6, 6.07) is 10.9. The monoisotopic (exact) mass is 383 g/mol. The number of fused-ring (bicyclic) bond motifs is 1. The minimum absolute atomic E-state index is 0.109. The van der Waals surface area contributed by atoms with Crippen molar-refractivity contribution in [2.24, 2.45) is 5.14 Å². The van der Waals surface area contributed by atoms with E-state index >= 15 is 0 Å². The third-order valence-corrected chi connectivity index (χ3v) is 5.90. The maximum absolute atomic E-state index is 11.4. The molecule has 0 saturated heterocycles. The zero-order valence-corrected chi connectivity index (χ0v) is 15.9. The molecule has 27 heavy (non-hydrogen) atoms. The van der Waals surface area contributed by atoms with Crippen molar-refractivity contribution >= 4 is 10.0 Å². The van der Waals surface area contributed by atoms with Gasteiger partial charge in [0.05, 0.1) is 17.6 Å². The molecule has 0 amide bonds. The number of nitrogens with two attached hydrogens (primary N) is 1. The van der Waals surface area contributed by atoms with E-state index in [1.54, 1.807) is 25.4 Å². The SMILES string of the molecule is COc1cc2c(cc1-c1nccn1Cc1ccc(S(N)(=O)=O)cc1)CCC2. The van der Waals surface area contributed by atoms with Crippen molar-refractivity contribution in [3.05, 3.63) is 65.5 Å². The number of methoxy groups -OCH3 is 1. The number of hydrogen-bond donors (Lipinski definition) is 1. The minimum atomic E-state index is -3.68. The van der Waals surface area contributed by atoms with Crippen LogP contribution in [0.25, 0.3) is 11.4 Å². The summed E-state index contributed by atoms with van der Waals surface area (Å²) in [5.74, 6) is 1.66. The first-order chi connectivity index (χ1) is 13.0. The summed E-state index contributed by atoms with van der Waals surface area (Å²) < 4.78 is 30.5. The van der Waals surface area contributed by atoms with Crippen LogP contribution >= 0.6 is 0 Å². The van der Waals surface area contributed by atoms with Crippen LogP contribution in [0.4, 0.5) is 0 Å². The summed E-state index contributed by atoms with van der Waals surface area (Å²) in [5.41, 5.74) is 4.65. The molecular weight excluding hydrogens is 362 g/mol. The average Bonchev–Trinajstić information content (AvgIpc) is 3.28. The van der Waals surface area contributed by atoms with Crippen LogP contribution in [0.1, 0.15) is 23.1 Å². The van der Waals surface area contributed by atoms with Crippen molar-refractivity contribution < 1.29 is 13.2 Å². The molecule has 140 valence electrons. The first-order valence-corrected chi connectivity index (χ1v) is 10.3. The van der Waals surface area contributed by atoms with Gasteiger partial charge < -0.3 is 9.30 Å². The highest BCUT2D eigenvalue weighted by atomic mass is 32.2. The van der Waals surface area contributed by atoms with E-state index in [4.69, 9.17) is 9.88 Å². The minimum Gasteiger partial charge on any atom is -0.496 e. The number of ether oxygens (including phenoxy) is 1. The zero-order chi connectivity index (χ0) is 19.0. The quantitative estimate of drug-likeness (QED) is 0.734. The van der Waals surface area contributed by atoms with Gasteiger partial charge in [-0.3, -0.25) is 0 Å². The van der Waals surface area contributed by atoms with E-state index < -0.39 is 10.0 Å². The molecule has 0 atom stereocenters. The number of sulfonamides is 1. The Labute approximate surface area is 158 Å². The van der Waals surface area contributed by atoms with Crippen LogP contribution in [-0.2, 0) is 29.4 Å². The van der Waals surface area contributed by atoms with E-state index in [9.17, 15) is 8.42 Å². The average molecular weight is 383 g/mol. The van der Waals surface area contributed by atoms with Gasteiger partial charge in [-0.15, -0.1) is 0 Å². The molecule has 0 radical (unpaired) electrons. The lowest BCUT2D eigenvalue weighted by molar-refractivity contribution is 0.415. The first-order valence-electron chi connectivity index (χ1n) is 8.79. The van der Waals surface area contributed by atoms with E-state index in [1.807, 2.05) is 10.8 Å². The highest BCUT2D eigenvalue weighted by molar-refractivity contribution is 7.89. The zero-order valence-electron chi connectivity index (χ0n) is 15.1. The Morgan fingerprint density at radius 1 is 1.15 bits per heavy atom. The fourth-order valence-corrected chi connectivity index (χ4v) is 4.12. The van der Waals surface area contributed by atoms with Crippen LogP contribution in [0, 0.1) is 0 Å². The highest BCUT2D eigenvalue weighted by Crippen LogP contribution is 2.35. The lowest BCUT2D eigenvalue weighted by atomic mass is 10.0. The summed E-state index contributed by atoms with van der Waals surface area (Å²) in [4.78, 5) is 4.65. The van der Waals surface area contributed by atoms with Crippen molar-refractivity contribution in [3.63, 3.8) is 0 Å². The van der Waals surface area contributed by atoms with Gasteiger partial charge in [0.1, 0.15) is 11.6 Å². The Bertz CT molecular complexity index is 1090. The molecule has 1 aliphatic rings. The van der Waals surface area contributed by atoms with E-state index in [2.05, 4.69) is 17.1 Å². The molecule has 3 aromatic rings. The van der Waals surface area contributed by atoms with Gasteiger partial charge in [0.2, 0.25) is 10.0 Å². The predicted molar refractivity (Wildman–Crippen MR) is 103 cm³/mol. The lowest BCUT2D eigenvalue weighted by Gasteiger charge is -2.14. The van der Waals surface area contributed by atoms with E-state index in [0.29, 0.717) is 6.54 Å². The summed E-state index contributed by atoms with van der Waals surface area (Å²) >= 11 is 0. The molecule has 2 N–H and O–H groups in total. The number of nitrogens with zero attached hydrogens (tertiary/aromatic N) is 2. The molecule has 4 rings (SSSR count). The maximum atomic E-state index is 11.4. The Morgan fingerprint density at radius 2 is 1.85 bits per heavy atom. The van der Waals surface area contributed by atoms with Gasteiger partial charge >= 0.3 is 0 Å². The third-order valence-electron chi connectivity index (χ3n) is 4.98. The van der Waals surface area contributed by atoms with Crippen molar-refractivity contribution in [2.45, 2.75) is 30.7 Å². The molecule has 2 aromatic carbocycles. The number of aryl methyl sites for hydroxylation is 2. The number of imidazole rings is 1. The summed E-state index contributed by atoms with van der Waals surface area (Å²) in [7, 11) is -2.00. The molecule has 0 saturated carbocycles. The van der Waals surface area contributed by atoms with Crippen LogP contribution < -0.4 is 9.88 Å². The predicted octanol–water partition coefficient (Wildman–Crippen LogP) is 2.74. The van der Waals surface area contributed by atoms with E-state index in [0.717, 1.165) is 35.5 Å². The van der Waals surface area contributed by atoms with E-state index in [1.165, 1.54) is 29.7 Å². The molecular formula is C20H21N3O3S. The topological polar surface area (TPSA) is 87.2 Å². The largest absolute Gasteiger partial charge is 0.496 e. The highest BCUT2D eigenvalue weighted by Gasteiger charge is 2.19. The summed E-state index contributed by atoms with van der Waals surface area (Å²) in [6.45, 7) is 0.570. The number of aromatic nitrogens is 2. The Balaban J connectivity index is 1.68. The number of rotatable bonds is 5. The smallest absolute Gasteiger partial charge is 0.238 e. The van der Waals surface area contributed by atoms with Crippen LogP contribution in [0.15, 0.2) is 53.7 Å². The fraction of sp³-hybridized carbons (Fsp3) is 0.250. The van der Waals surface area contributed by atoms with Crippen LogP contribution in [0.3, 0.4) is 0 Å². The second kappa shape index (κ2) is 6.83. The van der Waals surface area contributed by atoms with Gasteiger partial charge in [-0.05, 0) is 60.2 Å². The van der Waals surface area contributed by atoms with Gasteiger partial charge in [-0.2, -0.15) is 0 Å². The van der Waals surface area contributed by atoms with E-state index in [-0.39, 0.29) is 4.90 Å². The molecule has 0 spiro atoms. The molecule has 6 nitrogen and oxygen atoms in total. The normalized spacial score (nSPS) is 13.6. The Morgan fingerprint density at radius 3 is 2.52 bits per heavy atom. The number of hydrogen-bond acceptors (Lipinski definition) is 4. The van der Waals surface area contributed by atoms with Gasteiger partial charge in [-0.1, -0.05) is 12.1 Å². The summed E-state index contributed by atoms with van der Waals surface area (Å²) in [6.07, 6.45) is 7.03. The molecule has 0 fully saturated rings. The lowest BCUT2D eigenvalue weighted by Crippen LogP contribution is -2.12. The molecule has 0 unspecified atom stereocenters. The van der Waals surface area contributed by atoms with Crippen LogP contribution in [0.5, 0.6) is 5.75 Å². The molecule has 7 heteroatoms. The first kappa shape index (κ1) is 17.8. The van der Waals surface area contributed by atoms with Gasteiger partial charge in [-0.25, -0.2) is 18.5 Å². The number of benzene rings is 2. The maximum Gasteiger partial charge on any atom is 0.238 e. The second-order valence-electron chi connectivity index (χ2n) is 6.74. The molecule has 1 heterocycles.